The van der Waals surface area contributed by atoms with E-state index in [1.807, 2.05) is 19.2 Å². The van der Waals surface area contributed by atoms with Gasteiger partial charge in [-0.1, -0.05) is 6.92 Å². The molecule has 0 saturated carbocycles. The number of nitrogens with one attached hydrogen (secondary N) is 2. The molecule has 3 amide bonds. The van der Waals surface area contributed by atoms with E-state index in [4.69, 9.17) is 0 Å². The smallest absolute Gasteiger partial charge is 0.321 e. The van der Waals surface area contributed by atoms with E-state index in [-0.39, 0.29) is 18.0 Å². The summed E-state index contributed by atoms with van der Waals surface area (Å²) in [7, 11) is 0. The molecule has 1 unspecified atom stereocenters. The van der Waals surface area contributed by atoms with Crippen LogP contribution in [0.5, 0.6) is 0 Å². The molecule has 1 fully saturated rings. The van der Waals surface area contributed by atoms with E-state index in [0.29, 0.717) is 24.3 Å². The number of anilines is 2. The predicted molar refractivity (Wildman–Crippen MR) is 109 cm³/mol. The minimum atomic E-state index is -0.120. The Bertz CT molecular complexity index is 755. The second kappa shape index (κ2) is 8.85. The van der Waals surface area contributed by atoms with E-state index < -0.39 is 0 Å². The van der Waals surface area contributed by atoms with E-state index in [2.05, 4.69) is 20.5 Å². The second-order valence-corrected chi connectivity index (χ2v) is 7.45. The van der Waals surface area contributed by atoms with Gasteiger partial charge in [0, 0.05) is 55.0 Å². The van der Waals surface area contributed by atoms with Crippen LogP contribution in [0.1, 0.15) is 30.6 Å². The number of piperazine rings is 1. The Labute approximate surface area is 163 Å². The number of benzene rings is 1. The summed E-state index contributed by atoms with van der Waals surface area (Å²) >= 11 is 1.61. The molecule has 2 aromatic rings. The van der Waals surface area contributed by atoms with E-state index in [1.54, 1.807) is 46.7 Å². The summed E-state index contributed by atoms with van der Waals surface area (Å²) in [5.74, 6) is -0.0967. The van der Waals surface area contributed by atoms with Crippen LogP contribution < -0.4 is 15.5 Å². The Balaban J connectivity index is 1.50. The lowest BCUT2D eigenvalue weighted by molar-refractivity contribution is 0.0939. The van der Waals surface area contributed by atoms with E-state index in [0.717, 1.165) is 24.6 Å². The zero-order valence-electron chi connectivity index (χ0n) is 15.6. The molecule has 27 heavy (non-hydrogen) atoms. The predicted octanol–water partition coefficient (Wildman–Crippen LogP) is 3.03. The Morgan fingerprint density at radius 3 is 2.48 bits per heavy atom. The number of nitrogens with zero attached hydrogens (tertiary/aromatic N) is 3. The molecule has 1 aromatic carbocycles. The van der Waals surface area contributed by atoms with Gasteiger partial charge in [-0.25, -0.2) is 9.78 Å². The molecule has 8 heteroatoms. The largest absolute Gasteiger partial charge is 0.350 e. The van der Waals surface area contributed by atoms with Gasteiger partial charge in [0.25, 0.3) is 5.91 Å². The lowest BCUT2D eigenvalue weighted by Crippen LogP contribution is -2.50. The molecule has 1 aliphatic heterocycles. The highest BCUT2D eigenvalue weighted by atomic mass is 32.1. The molecular formula is C19H25N5O2S. The highest BCUT2D eigenvalue weighted by molar-refractivity contribution is 7.13. The molecule has 1 aromatic heterocycles. The van der Waals surface area contributed by atoms with Gasteiger partial charge in [0.15, 0.2) is 5.13 Å². The number of urea groups is 1. The first-order valence-electron chi connectivity index (χ1n) is 9.18. The normalized spacial score (nSPS) is 15.3. The number of thiazole rings is 1. The summed E-state index contributed by atoms with van der Waals surface area (Å²) in [6.45, 7) is 6.86. The molecule has 1 atom stereocenters. The summed E-state index contributed by atoms with van der Waals surface area (Å²) < 4.78 is 0. The van der Waals surface area contributed by atoms with Crippen LogP contribution in [-0.2, 0) is 0 Å². The van der Waals surface area contributed by atoms with Gasteiger partial charge in [0.1, 0.15) is 0 Å². The number of aromatic nitrogens is 1. The van der Waals surface area contributed by atoms with E-state index in [9.17, 15) is 9.59 Å². The van der Waals surface area contributed by atoms with Crippen LogP contribution in [0, 0.1) is 0 Å². The van der Waals surface area contributed by atoms with Crippen molar-refractivity contribution in [2.45, 2.75) is 26.3 Å². The van der Waals surface area contributed by atoms with E-state index >= 15 is 0 Å². The Kier molecular flexibility index (Phi) is 6.28. The van der Waals surface area contributed by atoms with Gasteiger partial charge in [-0.05, 0) is 37.6 Å². The molecule has 0 spiro atoms. The van der Waals surface area contributed by atoms with Crippen molar-refractivity contribution >= 4 is 34.1 Å². The lowest BCUT2D eigenvalue weighted by atomic mass is 10.1. The van der Waals surface area contributed by atoms with Crippen molar-refractivity contribution in [2.24, 2.45) is 0 Å². The quantitative estimate of drug-likeness (QED) is 0.827. The molecule has 144 valence electrons. The fourth-order valence-corrected chi connectivity index (χ4v) is 3.49. The zero-order valence-corrected chi connectivity index (χ0v) is 16.5. The monoisotopic (exact) mass is 387 g/mol. The van der Waals surface area contributed by atoms with Crippen LogP contribution in [0.15, 0.2) is 35.8 Å². The van der Waals surface area contributed by atoms with Crippen LogP contribution in [0.3, 0.4) is 0 Å². The topological polar surface area (TPSA) is 77.6 Å². The summed E-state index contributed by atoms with van der Waals surface area (Å²) in [5.41, 5.74) is 1.27. The van der Waals surface area contributed by atoms with Gasteiger partial charge in [-0.2, -0.15) is 0 Å². The minimum absolute atomic E-state index is 0.0967. The van der Waals surface area contributed by atoms with Crippen LogP contribution in [0.2, 0.25) is 0 Å². The number of hydrogen-bond acceptors (Lipinski definition) is 5. The lowest BCUT2D eigenvalue weighted by Gasteiger charge is -2.34. The standard InChI is InChI=1S/C19H25N5O2S/c1-3-14(2)21-17(25)15-4-6-16(7-5-15)22-18(26)23-9-11-24(12-10-23)19-20-8-13-27-19/h4-8,13-14H,3,9-12H2,1-2H3,(H,21,25)(H,22,26). The molecule has 1 aliphatic rings. The number of carbonyl (C=O) groups excluding carboxylic acids is 2. The summed E-state index contributed by atoms with van der Waals surface area (Å²) in [4.78, 5) is 32.9. The first-order chi connectivity index (χ1) is 13.1. The fraction of sp³-hybridized carbons (Fsp3) is 0.421. The average molecular weight is 388 g/mol. The molecule has 1 saturated heterocycles. The number of rotatable bonds is 5. The first kappa shape index (κ1) is 19.2. The molecule has 0 bridgehead atoms. The van der Waals surface area contributed by atoms with Crippen molar-refractivity contribution in [2.75, 3.05) is 36.4 Å². The molecule has 2 heterocycles. The maximum Gasteiger partial charge on any atom is 0.321 e. The Hall–Kier alpha value is -2.61. The van der Waals surface area contributed by atoms with Gasteiger partial charge < -0.3 is 20.4 Å². The van der Waals surface area contributed by atoms with Crippen LogP contribution in [0.4, 0.5) is 15.6 Å². The highest BCUT2D eigenvalue weighted by Crippen LogP contribution is 2.19. The highest BCUT2D eigenvalue weighted by Gasteiger charge is 2.22. The first-order valence-corrected chi connectivity index (χ1v) is 10.1. The third-order valence-corrected chi connectivity index (χ3v) is 5.48. The zero-order chi connectivity index (χ0) is 19.2. The van der Waals surface area contributed by atoms with Crippen molar-refractivity contribution in [1.82, 2.24) is 15.2 Å². The number of hydrogen-bond donors (Lipinski definition) is 2. The summed E-state index contributed by atoms with van der Waals surface area (Å²) in [6.07, 6.45) is 2.68. The maximum absolute atomic E-state index is 12.5. The number of amides is 3. The van der Waals surface area contributed by atoms with Crippen LogP contribution in [0.25, 0.3) is 0 Å². The van der Waals surface area contributed by atoms with Gasteiger partial charge in [-0.15, -0.1) is 11.3 Å². The van der Waals surface area contributed by atoms with Crippen molar-refractivity contribution < 1.29 is 9.59 Å². The van der Waals surface area contributed by atoms with Crippen molar-refractivity contribution in [3.63, 3.8) is 0 Å². The van der Waals surface area contributed by atoms with Crippen molar-refractivity contribution in [3.8, 4) is 0 Å². The van der Waals surface area contributed by atoms with Gasteiger partial charge in [0.05, 0.1) is 0 Å². The third kappa shape index (κ3) is 4.97. The molecule has 3 rings (SSSR count). The molecule has 0 radical (unpaired) electrons. The van der Waals surface area contributed by atoms with E-state index in [1.165, 1.54) is 0 Å². The summed E-state index contributed by atoms with van der Waals surface area (Å²) in [6, 6.07) is 7.00. The van der Waals surface area contributed by atoms with Crippen molar-refractivity contribution in [3.05, 3.63) is 41.4 Å². The van der Waals surface area contributed by atoms with Crippen molar-refractivity contribution in [1.29, 1.82) is 0 Å². The van der Waals surface area contributed by atoms with Gasteiger partial charge in [-0.3, -0.25) is 4.79 Å². The Morgan fingerprint density at radius 1 is 1.19 bits per heavy atom. The van der Waals surface area contributed by atoms with Crippen LogP contribution >= 0.6 is 11.3 Å². The SMILES string of the molecule is CCC(C)NC(=O)c1ccc(NC(=O)N2CCN(c3nccs3)CC2)cc1. The average Bonchev–Trinajstić information content (AvgIpc) is 3.23. The third-order valence-electron chi connectivity index (χ3n) is 4.64. The van der Waals surface area contributed by atoms with Crippen LogP contribution in [-0.4, -0.2) is 54.0 Å². The maximum atomic E-state index is 12.5. The number of carbonyl (C=O) groups is 2. The second-order valence-electron chi connectivity index (χ2n) is 6.58. The summed E-state index contributed by atoms with van der Waals surface area (Å²) in [5, 5.41) is 8.79. The molecular weight excluding hydrogens is 362 g/mol. The molecule has 7 nitrogen and oxygen atoms in total. The Morgan fingerprint density at radius 2 is 1.89 bits per heavy atom. The van der Waals surface area contributed by atoms with Gasteiger partial charge in [0.2, 0.25) is 0 Å². The fourth-order valence-electron chi connectivity index (χ4n) is 2.79. The molecule has 0 aliphatic carbocycles. The molecule has 2 N–H and O–H groups in total. The van der Waals surface area contributed by atoms with Gasteiger partial charge >= 0.3 is 6.03 Å². The minimum Gasteiger partial charge on any atom is -0.350 e.